The molecular weight excluding hydrogens is 453 g/mol. The SMILES string of the molecule is O=C(Nc1ccc([N+](=O)[O-])cc1)c1ccc(-n2nc(C(F)(F)F)c3c2-c2ccoc2CC3)cc1. The monoisotopic (exact) mass is 468 g/mol. The second kappa shape index (κ2) is 7.87. The third kappa shape index (κ3) is 3.70. The van der Waals surface area contributed by atoms with E-state index in [0.29, 0.717) is 34.8 Å². The van der Waals surface area contributed by atoms with Crippen molar-refractivity contribution in [2.45, 2.75) is 19.0 Å². The van der Waals surface area contributed by atoms with Gasteiger partial charge >= 0.3 is 6.18 Å². The molecule has 0 saturated heterocycles. The van der Waals surface area contributed by atoms with Crippen LogP contribution in [-0.4, -0.2) is 20.6 Å². The third-order valence-corrected chi connectivity index (χ3v) is 5.56. The Morgan fingerprint density at radius 2 is 1.76 bits per heavy atom. The molecule has 172 valence electrons. The van der Waals surface area contributed by atoms with Crippen molar-refractivity contribution in [1.82, 2.24) is 9.78 Å². The quantitative estimate of drug-likeness (QED) is 0.319. The number of amides is 1. The molecule has 4 aromatic rings. The van der Waals surface area contributed by atoms with E-state index in [1.54, 1.807) is 6.07 Å². The van der Waals surface area contributed by atoms with Gasteiger partial charge < -0.3 is 9.73 Å². The lowest BCUT2D eigenvalue weighted by atomic mass is 9.94. The van der Waals surface area contributed by atoms with Crippen LogP contribution in [0.25, 0.3) is 16.9 Å². The molecule has 8 nitrogen and oxygen atoms in total. The molecule has 0 aliphatic heterocycles. The number of furan rings is 1. The van der Waals surface area contributed by atoms with E-state index in [1.807, 2.05) is 0 Å². The average molecular weight is 468 g/mol. The predicted molar refractivity (Wildman–Crippen MR) is 115 cm³/mol. The zero-order valence-corrected chi connectivity index (χ0v) is 17.3. The summed E-state index contributed by atoms with van der Waals surface area (Å²) in [5.41, 5.74) is 0.924. The standard InChI is InChI=1S/C23H15F3N4O4/c24-23(25,26)21-18-9-10-19-17(11-12-34-19)20(18)29(28-21)15-5-1-13(2-6-15)22(31)27-14-3-7-16(8-4-14)30(32)33/h1-8,11-12H,9-10H2,(H,27,31). The summed E-state index contributed by atoms with van der Waals surface area (Å²) in [4.78, 5) is 22.7. The Balaban J connectivity index is 1.46. The Morgan fingerprint density at radius 1 is 1.06 bits per heavy atom. The number of nitro groups is 1. The first kappa shape index (κ1) is 21.4. The number of carbonyl (C=O) groups excluding carboxylic acids is 1. The highest BCUT2D eigenvalue weighted by atomic mass is 19.4. The lowest BCUT2D eigenvalue weighted by Crippen LogP contribution is -2.12. The molecule has 0 saturated carbocycles. The first-order chi connectivity index (χ1) is 16.2. The highest BCUT2D eigenvalue weighted by Gasteiger charge is 2.41. The van der Waals surface area contributed by atoms with Crippen molar-refractivity contribution >= 4 is 17.3 Å². The van der Waals surface area contributed by atoms with Gasteiger partial charge in [-0.05, 0) is 48.9 Å². The normalized spacial score (nSPS) is 12.7. The van der Waals surface area contributed by atoms with E-state index < -0.39 is 22.7 Å². The summed E-state index contributed by atoms with van der Waals surface area (Å²) in [6.07, 6.45) is -2.66. The number of benzene rings is 2. The Morgan fingerprint density at radius 3 is 2.41 bits per heavy atom. The molecule has 0 bridgehead atoms. The summed E-state index contributed by atoms with van der Waals surface area (Å²) in [6, 6.07) is 12.9. The molecule has 0 unspecified atom stereocenters. The second-order valence-corrected chi connectivity index (χ2v) is 7.65. The number of hydrogen-bond acceptors (Lipinski definition) is 5. The summed E-state index contributed by atoms with van der Waals surface area (Å²) >= 11 is 0. The number of halogens is 3. The molecule has 2 aromatic heterocycles. The maximum Gasteiger partial charge on any atom is 0.435 e. The zero-order chi connectivity index (χ0) is 24.0. The van der Waals surface area contributed by atoms with Crippen molar-refractivity contribution in [1.29, 1.82) is 0 Å². The number of nitro benzene ring substituents is 1. The molecule has 1 aliphatic rings. The minimum absolute atomic E-state index is 0.107. The summed E-state index contributed by atoms with van der Waals surface area (Å²) in [7, 11) is 0. The third-order valence-electron chi connectivity index (χ3n) is 5.56. The summed E-state index contributed by atoms with van der Waals surface area (Å²) in [6.45, 7) is 0. The van der Waals surface area contributed by atoms with E-state index in [2.05, 4.69) is 10.4 Å². The van der Waals surface area contributed by atoms with Crippen LogP contribution in [0.3, 0.4) is 0 Å². The Hall–Kier alpha value is -4.41. The molecule has 34 heavy (non-hydrogen) atoms. The predicted octanol–water partition coefficient (Wildman–Crippen LogP) is 5.41. The first-order valence-electron chi connectivity index (χ1n) is 10.1. The number of anilines is 1. The van der Waals surface area contributed by atoms with Crippen LogP contribution in [0.5, 0.6) is 0 Å². The van der Waals surface area contributed by atoms with E-state index >= 15 is 0 Å². The maximum absolute atomic E-state index is 13.7. The summed E-state index contributed by atoms with van der Waals surface area (Å²) in [5.74, 6) is 0.123. The number of aryl methyl sites for hydroxylation is 1. The number of non-ortho nitro benzene ring substituents is 1. The van der Waals surface area contributed by atoms with Gasteiger partial charge in [0.05, 0.1) is 22.6 Å². The van der Waals surface area contributed by atoms with Gasteiger partial charge in [0.15, 0.2) is 5.69 Å². The number of nitrogens with zero attached hydrogens (tertiary/aromatic N) is 3. The Labute approximate surface area is 189 Å². The number of hydrogen-bond donors (Lipinski definition) is 1. The lowest BCUT2D eigenvalue weighted by molar-refractivity contribution is -0.384. The van der Waals surface area contributed by atoms with Crippen LogP contribution in [0, 0.1) is 10.1 Å². The van der Waals surface area contributed by atoms with Crippen LogP contribution in [-0.2, 0) is 19.0 Å². The number of carbonyl (C=O) groups is 1. The number of aromatic nitrogens is 2. The zero-order valence-electron chi connectivity index (χ0n) is 17.3. The minimum atomic E-state index is -4.61. The summed E-state index contributed by atoms with van der Waals surface area (Å²) < 4.78 is 47.6. The molecule has 1 N–H and O–H groups in total. The van der Waals surface area contributed by atoms with E-state index in [-0.39, 0.29) is 23.2 Å². The molecule has 2 aromatic carbocycles. The van der Waals surface area contributed by atoms with E-state index in [0.717, 1.165) is 0 Å². The van der Waals surface area contributed by atoms with E-state index in [9.17, 15) is 28.1 Å². The Bertz CT molecular complexity index is 1400. The fourth-order valence-electron chi connectivity index (χ4n) is 3.99. The molecular formula is C23H15F3N4O4. The number of rotatable bonds is 4. The second-order valence-electron chi connectivity index (χ2n) is 7.65. The molecule has 0 radical (unpaired) electrons. The highest BCUT2D eigenvalue weighted by molar-refractivity contribution is 6.04. The number of alkyl halides is 3. The lowest BCUT2D eigenvalue weighted by Gasteiger charge is -2.15. The van der Waals surface area contributed by atoms with Gasteiger partial charge in [-0.1, -0.05) is 0 Å². The van der Waals surface area contributed by atoms with E-state index in [4.69, 9.17) is 4.42 Å². The van der Waals surface area contributed by atoms with Crippen LogP contribution >= 0.6 is 0 Å². The molecule has 1 aliphatic carbocycles. The number of fused-ring (bicyclic) bond motifs is 3. The van der Waals surface area contributed by atoms with Gasteiger partial charge in [0.1, 0.15) is 5.76 Å². The van der Waals surface area contributed by atoms with Crippen molar-refractivity contribution in [2.75, 3.05) is 5.32 Å². The number of nitrogens with one attached hydrogen (secondary N) is 1. The van der Waals surface area contributed by atoms with Crippen molar-refractivity contribution in [2.24, 2.45) is 0 Å². The molecule has 1 amide bonds. The van der Waals surface area contributed by atoms with Crippen molar-refractivity contribution < 1.29 is 27.3 Å². The fourth-order valence-corrected chi connectivity index (χ4v) is 3.99. The highest BCUT2D eigenvalue weighted by Crippen LogP contribution is 2.42. The Kier molecular flexibility index (Phi) is 4.96. The van der Waals surface area contributed by atoms with Crippen LogP contribution in [0.4, 0.5) is 24.5 Å². The van der Waals surface area contributed by atoms with Gasteiger partial charge in [-0.15, -0.1) is 0 Å². The van der Waals surface area contributed by atoms with Gasteiger partial charge in [0, 0.05) is 40.9 Å². The van der Waals surface area contributed by atoms with Crippen LogP contribution in [0.2, 0.25) is 0 Å². The van der Waals surface area contributed by atoms with Crippen molar-refractivity contribution in [3.8, 4) is 16.9 Å². The van der Waals surface area contributed by atoms with Crippen LogP contribution in [0.15, 0.2) is 65.3 Å². The first-order valence-corrected chi connectivity index (χ1v) is 10.1. The summed E-state index contributed by atoms with van der Waals surface area (Å²) in [5, 5.41) is 17.2. The largest absolute Gasteiger partial charge is 0.469 e. The minimum Gasteiger partial charge on any atom is -0.469 e. The van der Waals surface area contributed by atoms with Crippen molar-refractivity contribution in [3.05, 3.63) is 93.6 Å². The molecule has 0 fully saturated rings. The van der Waals surface area contributed by atoms with Crippen LogP contribution < -0.4 is 5.32 Å². The maximum atomic E-state index is 13.7. The van der Waals surface area contributed by atoms with Gasteiger partial charge in [0.25, 0.3) is 11.6 Å². The van der Waals surface area contributed by atoms with E-state index in [1.165, 1.54) is 59.5 Å². The molecule has 2 heterocycles. The molecule has 5 rings (SSSR count). The van der Waals surface area contributed by atoms with Crippen molar-refractivity contribution in [3.63, 3.8) is 0 Å². The van der Waals surface area contributed by atoms with Gasteiger partial charge in [-0.25, -0.2) is 4.68 Å². The van der Waals surface area contributed by atoms with Gasteiger partial charge in [0.2, 0.25) is 0 Å². The molecule has 11 heteroatoms. The molecule has 0 spiro atoms. The van der Waals surface area contributed by atoms with Gasteiger partial charge in [-0.2, -0.15) is 18.3 Å². The smallest absolute Gasteiger partial charge is 0.435 e. The fraction of sp³-hybridized carbons (Fsp3) is 0.130. The van der Waals surface area contributed by atoms with Crippen LogP contribution in [0.1, 0.15) is 27.4 Å². The average Bonchev–Trinajstić information content (AvgIpc) is 3.44. The topological polar surface area (TPSA) is 103 Å². The van der Waals surface area contributed by atoms with Gasteiger partial charge in [-0.3, -0.25) is 14.9 Å². The molecule has 0 atom stereocenters.